The molecule has 0 atom stereocenters. The van der Waals surface area contributed by atoms with Crippen molar-refractivity contribution in [3.63, 3.8) is 0 Å². The smallest absolute Gasteiger partial charge is 0.239 e. The zero-order chi connectivity index (χ0) is 12.8. The summed E-state index contributed by atoms with van der Waals surface area (Å²) in [4.78, 5) is 0. The van der Waals surface area contributed by atoms with E-state index in [-0.39, 0.29) is 12.4 Å². The minimum atomic E-state index is 0. The molecule has 0 unspecified atom stereocenters. The standard InChI is InChI=1S/C16H14ClN2.ClH/c17-13-7-8-15-14(11-13)16(12-5-2-1-3-6-12)19-10-4-9-18(15)19;/h1-3,5-8,11H,4,9-10H2;1H/q+1;/p-1. The molecule has 1 aliphatic heterocycles. The first kappa shape index (κ1) is 13.5. The van der Waals surface area contributed by atoms with Gasteiger partial charge < -0.3 is 12.4 Å². The second-order valence-corrected chi connectivity index (χ2v) is 5.41. The number of aromatic nitrogens is 2. The maximum absolute atomic E-state index is 6.18. The third kappa shape index (κ3) is 1.91. The number of halogens is 2. The van der Waals surface area contributed by atoms with Crippen LogP contribution in [-0.4, -0.2) is 4.68 Å². The summed E-state index contributed by atoms with van der Waals surface area (Å²) in [6, 6.07) is 16.8. The highest BCUT2D eigenvalue weighted by molar-refractivity contribution is 6.31. The van der Waals surface area contributed by atoms with Crippen molar-refractivity contribution in [3.05, 3.63) is 53.6 Å². The predicted molar refractivity (Wildman–Crippen MR) is 77.2 cm³/mol. The van der Waals surface area contributed by atoms with Crippen molar-refractivity contribution in [3.8, 4) is 11.3 Å². The number of hydrogen-bond donors (Lipinski definition) is 0. The Bertz CT molecular complexity index is 763. The summed E-state index contributed by atoms with van der Waals surface area (Å²) in [6.45, 7) is 2.17. The average Bonchev–Trinajstić information content (AvgIpc) is 2.99. The van der Waals surface area contributed by atoms with Gasteiger partial charge in [0.15, 0.2) is 6.54 Å². The topological polar surface area (TPSA) is 8.81 Å². The van der Waals surface area contributed by atoms with Crippen molar-refractivity contribution in [1.29, 1.82) is 0 Å². The van der Waals surface area contributed by atoms with Crippen LogP contribution in [0.2, 0.25) is 5.02 Å². The summed E-state index contributed by atoms with van der Waals surface area (Å²) >= 11 is 6.18. The number of fused-ring (bicyclic) bond motifs is 3. The molecule has 1 aliphatic rings. The molecule has 20 heavy (non-hydrogen) atoms. The summed E-state index contributed by atoms with van der Waals surface area (Å²) in [5.74, 6) is 0. The number of rotatable bonds is 1. The third-order valence-electron chi connectivity index (χ3n) is 3.83. The van der Waals surface area contributed by atoms with E-state index in [9.17, 15) is 0 Å². The largest absolute Gasteiger partial charge is 1.00 e. The Kier molecular flexibility index (Phi) is 3.45. The molecule has 0 aliphatic carbocycles. The second-order valence-electron chi connectivity index (χ2n) is 4.98. The molecule has 0 saturated heterocycles. The lowest BCUT2D eigenvalue weighted by Crippen LogP contribution is -3.00. The Balaban J connectivity index is 0.00000121. The third-order valence-corrected chi connectivity index (χ3v) is 4.06. The first-order valence-electron chi connectivity index (χ1n) is 6.62. The SMILES string of the molecule is Clc1ccc2c(c1)c(-c1ccccc1)n1[n+]2CCC1.[Cl-]. The van der Waals surface area contributed by atoms with Gasteiger partial charge in [-0.2, -0.15) is 4.68 Å². The van der Waals surface area contributed by atoms with E-state index in [1.807, 2.05) is 6.07 Å². The Labute approximate surface area is 129 Å². The van der Waals surface area contributed by atoms with Crippen molar-refractivity contribution in [1.82, 2.24) is 4.68 Å². The quantitative estimate of drug-likeness (QED) is 0.584. The van der Waals surface area contributed by atoms with Crippen LogP contribution in [0.5, 0.6) is 0 Å². The molecule has 2 nitrogen and oxygen atoms in total. The van der Waals surface area contributed by atoms with Gasteiger partial charge in [-0.15, -0.1) is 4.68 Å². The van der Waals surface area contributed by atoms with E-state index in [1.54, 1.807) is 0 Å². The minimum absolute atomic E-state index is 0. The second kappa shape index (κ2) is 5.12. The Hall–Kier alpha value is -1.51. The minimum Gasteiger partial charge on any atom is -1.00 e. The van der Waals surface area contributed by atoms with Crippen LogP contribution in [0.15, 0.2) is 48.5 Å². The van der Waals surface area contributed by atoms with Crippen LogP contribution >= 0.6 is 11.6 Å². The number of aryl methyl sites for hydroxylation is 1. The maximum Gasteiger partial charge on any atom is 0.239 e. The van der Waals surface area contributed by atoms with Crippen molar-refractivity contribution < 1.29 is 17.1 Å². The molecule has 0 radical (unpaired) electrons. The molecule has 3 aromatic rings. The lowest BCUT2D eigenvalue weighted by molar-refractivity contribution is -0.733. The zero-order valence-electron chi connectivity index (χ0n) is 10.9. The normalized spacial score (nSPS) is 13.2. The van der Waals surface area contributed by atoms with Crippen LogP contribution in [0, 0.1) is 0 Å². The molecule has 4 heteroatoms. The van der Waals surface area contributed by atoms with E-state index in [4.69, 9.17) is 11.6 Å². The number of hydrogen-bond acceptors (Lipinski definition) is 0. The molecule has 0 saturated carbocycles. The van der Waals surface area contributed by atoms with Crippen LogP contribution < -0.4 is 17.1 Å². The first-order valence-corrected chi connectivity index (χ1v) is 7.00. The fourth-order valence-corrected chi connectivity index (χ4v) is 3.23. The summed E-state index contributed by atoms with van der Waals surface area (Å²) < 4.78 is 4.75. The van der Waals surface area contributed by atoms with Gasteiger partial charge in [0.2, 0.25) is 5.52 Å². The lowest BCUT2D eigenvalue weighted by Gasteiger charge is -2.00. The summed E-state index contributed by atoms with van der Waals surface area (Å²) in [6.07, 6.45) is 1.21. The molecule has 2 heterocycles. The van der Waals surface area contributed by atoms with Gasteiger partial charge in [-0.1, -0.05) is 41.9 Å². The van der Waals surface area contributed by atoms with E-state index >= 15 is 0 Å². The van der Waals surface area contributed by atoms with Crippen LogP contribution in [-0.2, 0) is 13.1 Å². The van der Waals surface area contributed by atoms with E-state index in [2.05, 4.69) is 51.8 Å². The Morgan fingerprint density at radius 2 is 1.85 bits per heavy atom. The van der Waals surface area contributed by atoms with Gasteiger partial charge >= 0.3 is 0 Å². The van der Waals surface area contributed by atoms with Gasteiger partial charge in [0.1, 0.15) is 5.69 Å². The lowest BCUT2D eigenvalue weighted by atomic mass is 10.1. The summed E-state index contributed by atoms with van der Waals surface area (Å²) in [5, 5.41) is 2.05. The first-order chi connectivity index (χ1) is 9.34. The van der Waals surface area contributed by atoms with E-state index in [0.717, 1.165) is 18.1 Å². The Morgan fingerprint density at radius 3 is 2.65 bits per heavy atom. The van der Waals surface area contributed by atoms with Crippen LogP contribution in [0.25, 0.3) is 22.2 Å². The molecular weight excluding hydrogens is 291 g/mol. The van der Waals surface area contributed by atoms with Crippen LogP contribution in [0.1, 0.15) is 6.42 Å². The molecule has 0 N–H and O–H groups in total. The van der Waals surface area contributed by atoms with Crippen LogP contribution in [0.4, 0.5) is 0 Å². The molecular formula is C16H14Cl2N2. The van der Waals surface area contributed by atoms with Crippen molar-refractivity contribution in [2.24, 2.45) is 0 Å². The highest BCUT2D eigenvalue weighted by Gasteiger charge is 2.28. The molecule has 4 rings (SSSR count). The molecule has 102 valence electrons. The summed E-state index contributed by atoms with van der Waals surface area (Å²) in [7, 11) is 0. The highest BCUT2D eigenvalue weighted by atomic mass is 35.5. The monoisotopic (exact) mass is 304 g/mol. The fraction of sp³-hybridized carbons (Fsp3) is 0.188. The van der Waals surface area contributed by atoms with Gasteiger partial charge in [-0.05, 0) is 12.1 Å². The van der Waals surface area contributed by atoms with E-state index < -0.39 is 0 Å². The van der Waals surface area contributed by atoms with Crippen molar-refractivity contribution in [2.75, 3.05) is 0 Å². The van der Waals surface area contributed by atoms with E-state index in [1.165, 1.54) is 28.6 Å². The molecule has 0 fully saturated rings. The summed E-state index contributed by atoms with van der Waals surface area (Å²) in [5.41, 5.74) is 3.83. The van der Waals surface area contributed by atoms with Gasteiger partial charge in [0.25, 0.3) is 0 Å². The van der Waals surface area contributed by atoms with Gasteiger partial charge in [0.05, 0.1) is 11.9 Å². The van der Waals surface area contributed by atoms with Crippen molar-refractivity contribution >= 4 is 22.5 Å². The molecule has 1 aromatic heterocycles. The molecule has 2 aromatic carbocycles. The Morgan fingerprint density at radius 1 is 1.05 bits per heavy atom. The van der Waals surface area contributed by atoms with E-state index in [0.29, 0.717) is 0 Å². The molecule has 0 amide bonds. The average molecular weight is 305 g/mol. The highest BCUT2D eigenvalue weighted by Crippen LogP contribution is 2.31. The van der Waals surface area contributed by atoms with Crippen molar-refractivity contribution in [2.45, 2.75) is 19.5 Å². The van der Waals surface area contributed by atoms with Gasteiger partial charge in [-0.25, -0.2) is 0 Å². The van der Waals surface area contributed by atoms with Crippen LogP contribution in [0.3, 0.4) is 0 Å². The maximum atomic E-state index is 6.18. The number of benzene rings is 2. The van der Waals surface area contributed by atoms with Gasteiger partial charge in [0, 0.05) is 23.1 Å². The predicted octanol–water partition coefficient (Wildman–Crippen LogP) is 0.657. The zero-order valence-corrected chi connectivity index (χ0v) is 12.4. The molecule has 0 bridgehead atoms. The fourth-order valence-electron chi connectivity index (χ4n) is 3.06. The number of nitrogens with zero attached hydrogens (tertiary/aromatic N) is 2. The van der Waals surface area contributed by atoms with Gasteiger partial charge in [-0.3, -0.25) is 0 Å². The molecule has 0 spiro atoms.